The zero-order valence-electron chi connectivity index (χ0n) is 1.66. The van der Waals surface area contributed by atoms with Gasteiger partial charge in [-0.1, -0.05) is 0 Å². The Bertz CT molecular complexity index is 13.5. The molecule has 0 unspecified atom stereocenters. The molecule has 0 spiro atoms. The van der Waals surface area contributed by atoms with E-state index in [-0.39, 0.29) is 19.5 Å². The van der Waals surface area contributed by atoms with Gasteiger partial charge < -0.3 is 5.21 Å². The van der Waals surface area contributed by atoms with Crippen molar-refractivity contribution in [3.8, 4) is 0 Å². The van der Waals surface area contributed by atoms with Crippen LogP contribution in [0.3, 0.4) is 0 Å². The van der Waals surface area contributed by atoms with E-state index >= 15 is 0 Å². The van der Waals surface area contributed by atoms with Crippen LogP contribution in [-0.4, -0.2) is 5.21 Å². The van der Waals surface area contributed by atoms with Crippen LogP contribution in [0.4, 0.5) is 0 Å². The molecule has 0 aromatic heterocycles. The second-order valence-electron chi connectivity index (χ2n) is 0.0816. The molecule has 0 atom stereocenters. The van der Waals surface area contributed by atoms with Crippen molar-refractivity contribution in [2.75, 3.05) is 0 Å². The molecule has 0 saturated heterocycles. The molecule has 0 heterocycles. The van der Waals surface area contributed by atoms with Crippen molar-refractivity contribution in [3.63, 3.8) is 0 Å². The van der Waals surface area contributed by atoms with Crippen LogP contribution in [0.2, 0.25) is 0 Å². The van der Waals surface area contributed by atoms with Crippen molar-refractivity contribution in [3.05, 3.63) is 4.91 Å². The first kappa shape index (κ1) is 8.98. The molecule has 0 aromatic rings. The van der Waals surface area contributed by atoms with E-state index in [1.165, 1.54) is 5.34 Å². The van der Waals surface area contributed by atoms with Crippen molar-refractivity contribution in [2.45, 2.75) is 0 Å². The molecule has 1 N–H and O–H groups in total. The van der Waals surface area contributed by atoms with Gasteiger partial charge in [-0.2, -0.15) is 0 Å². The van der Waals surface area contributed by atoms with Gasteiger partial charge in [-0.15, -0.1) is 4.91 Å². The quantitative estimate of drug-likeness (QED) is 0.302. The molecule has 0 aliphatic heterocycles. The van der Waals surface area contributed by atoms with Crippen LogP contribution >= 0.6 is 0 Å². The van der Waals surface area contributed by atoms with Gasteiger partial charge in [0.15, 0.2) is 5.34 Å². The Hall–Kier alpha value is 0.0234. The van der Waals surface area contributed by atoms with Crippen molar-refractivity contribution in [2.24, 2.45) is 5.34 Å². The minimum absolute atomic E-state index is 0. The Morgan fingerprint density at radius 1 is 1.75 bits per heavy atom. The second kappa shape index (κ2) is 11.8. The van der Waals surface area contributed by atoms with Gasteiger partial charge in [0.2, 0.25) is 0 Å². The van der Waals surface area contributed by atoms with E-state index < -0.39 is 0 Å². The topological polar surface area (TPSA) is 49.7 Å². The van der Waals surface area contributed by atoms with Crippen LogP contribution in [0.5, 0.6) is 0 Å². The monoisotopic (exact) mass is 149 g/mol. The Labute approximate surface area is 35.7 Å². The van der Waals surface area contributed by atoms with E-state index in [0.717, 1.165) is 0 Å². The molecule has 4 heavy (non-hydrogen) atoms. The van der Waals surface area contributed by atoms with Gasteiger partial charge in [-0.3, -0.25) is 0 Å². The molecule has 0 amide bonds. The summed E-state index contributed by atoms with van der Waals surface area (Å²) in [6, 6.07) is 0. The van der Waals surface area contributed by atoms with Crippen molar-refractivity contribution in [1.82, 2.24) is 0 Å². The molecule has 4 heteroatoms. The molecular weight excluding hydrogens is 147 g/mol. The molecule has 0 aliphatic carbocycles. The zero-order chi connectivity index (χ0) is 2.71. The molecule has 24 valence electrons. The molecule has 0 bridgehead atoms. The van der Waals surface area contributed by atoms with Gasteiger partial charge in [0.1, 0.15) is 0 Å². The third-order valence-electron chi connectivity index (χ3n) is 0. The summed E-state index contributed by atoms with van der Waals surface area (Å²) < 4.78 is 0. The largest absolute Gasteiger partial charge is 2.00 e. The minimum Gasteiger partial charge on any atom is -0.379 e. The predicted molar refractivity (Wildman–Crippen MR) is 7.58 cm³/mol. The van der Waals surface area contributed by atoms with E-state index in [9.17, 15) is 0 Å². The van der Waals surface area contributed by atoms with E-state index in [0.29, 0.717) is 0 Å². The molecule has 3 nitrogen and oxygen atoms in total. The van der Waals surface area contributed by atoms with E-state index in [1.54, 1.807) is 0 Å². The number of nitrogens with zero attached hydrogens (tertiary/aromatic N) is 1. The first-order valence-electron chi connectivity index (χ1n) is 0.383. The van der Waals surface area contributed by atoms with Gasteiger partial charge in [0, 0.05) is 0 Å². The van der Waals surface area contributed by atoms with Crippen molar-refractivity contribution < 1.29 is 24.7 Å². The van der Waals surface area contributed by atoms with Crippen LogP contribution in [0.15, 0.2) is 5.34 Å². The van der Waals surface area contributed by atoms with Crippen molar-refractivity contribution in [1.29, 1.82) is 0 Å². The molecule has 0 rings (SSSR count). The van der Waals surface area contributed by atoms with Crippen LogP contribution in [0, 0.1) is 4.91 Å². The number of hydrogen-bond acceptors (Lipinski definition) is 2. The summed E-state index contributed by atoms with van der Waals surface area (Å²) in [5, 5.41) is 7.89. The van der Waals surface area contributed by atoms with Crippen LogP contribution < -0.4 is 0 Å². The van der Waals surface area contributed by atoms with Gasteiger partial charge in [-0.05, 0) is 0 Å². The first-order chi connectivity index (χ1) is 1.41. The maximum atomic E-state index is 8.11. The van der Waals surface area contributed by atoms with E-state index in [4.69, 9.17) is 10.1 Å². The van der Waals surface area contributed by atoms with Crippen LogP contribution in [0.25, 0.3) is 0 Å². The predicted octanol–water partition coefficient (Wildman–Crippen LogP) is 0.140. The first-order valence-corrected chi connectivity index (χ1v) is 0.383. The Kier molecular flexibility index (Phi) is 26.5. The fourth-order valence-electron chi connectivity index (χ4n) is 0. The third kappa shape index (κ3) is 3880. The summed E-state index contributed by atoms with van der Waals surface area (Å²) in [4.78, 5) is 8.11. The minimum atomic E-state index is 0. The number of rotatable bonds is 0. The normalized spacial score (nSPS) is 3.00. The molecule has 0 aliphatic rings. The molecule has 0 saturated carbocycles. The summed E-state index contributed by atoms with van der Waals surface area (Å²) in [5.74, 6) is 0. The molecule has 0 radical (unpaired) electrons. The molecule has 0 fully saturated rings. The smallest absolute Gasteiger partial charge is 0.379 e. The zero-order valence-corrected chi connectivity index (χ0v) is 3.39. The third-order valence-corrected chi connectivity index (χ3v) is 0. The fraction of sp³-hybridized carbons (Fsp3) is 0. The molecular formula is HNO2Ru+2. The van der Waals surface area contributed by atoms with Crippen molar-refractivity contribution >= 4 is 0 Å². The van der Waals surface area contributed by atoms with Gasteiger partial charge in [0.05, 0.1) is 0 Å². The standard InChI is InChI=1S/HNO2.Ru/c2-1-3;/h(H,2,3);/q;+2. The maximum absolute atomic E-state index is 8.11. The number of hydrogen-bond donors (Lipinski definition) is 1. The van der Waals surface area contributed by atoms with Gasteiger partial charge >= 0.3 is 19.5 Å². The summed E-state index contributed by atoms with van der Waals surface area (Å²) in [6.45, 7) is 0. The average Bonchev–Trinajstić information content (AvgIpc) is 0.918. The molecule has 0 aromatic carbocycles. The van der Waals surface area contributed by atoms with Gasteiger partial charge in [0.25, 0.3) is 0 Å². The SMILES string of the molecule is O=NO.[Ru+2]. The average molecular weight is 148 g/mol. The van der Waals surface area contributed by atoms with E-state index in [2.05, 4.69) is 0 Å². The summed E-state index contributed by atoms with van der Waals surface area (Å²) >= 11 is 0. The summed E-state index contributed by atoms with van der Waals surface area (Å²) in [6.07, 6.45) is 0. The van der Waals surface area contributed by atoms with Crippen LogP contribution in [-0.2, 0) is 19.5 Å². The van der Waals surface area contributed by atoms with E-state index in [1.807, 2.05) is 0 Å². The summed E-state index contributed by atoms with van der Waals surface area (Å²) in [5.41, 5.74) is 0. The Morgan fingerprint density at radius 3 is 1.75 bits per heavy atom. The summed E-state index contributed by atoms with van der Waals surface area (Å²) in [7, 11) is 0. The van der Waals surface area contributed by atoms with Gasteiger partial charge in [-0.25, -0.2) is 0 Å². The second-order valence-corrected chi connectivity index (χ2v) is 0.0816. The van der Waals surface area contributed by atoms with Crippen LogP contribution in [0.1, 0.15) is 0 Å². The Morgan fingerprint density at radius 2 is 1.75 bits per heavy atom. The Balaban J connectivity index is 0. The maximum Gasteiger partial charge on any atom is 2.00 e. The fourth-order valence-corrected chi connectivity index (χ4v) is 0.